The number of hydrogen-bond donors (Lipinski definition) is 1. The predicted molar refractivity (Wildman–Crippen MR) is 72.4 cm³/mol. The molecule has 1 aliphatic carbocycles. The van der Waals surface area contributed by atoms with E-state index in [0.29, 0.717) is 29.3 Å². The van der Waals surface area contributed by atoms with Gasteiger partial charge in [0.2, 0.25) is 5.91 Å². The van der Waals surface area contributed by atoms with E-state index in [-0.39, 0.29) is 12.4 Å². The lowest BCUT2D eigenvalue weighted by atomic mass is 10.0. The molecule has 1 amide bonds. The van der Waals surface area contributed by atoms with Gasteiger partial charge in [-0.15, -0.1) is 12.4 Å². The standard InChI is InChI=1S/C13H24N2O.ClH/c1-5-13(4)8-11(13)12(16)15-7-6-14-9(2)10(15)3;/h9-11,14H,5-8H2,1-4H3;1H. The summed E-state index contributed by atoms with van der Waals surface area (Å²) in [6, 6.07) is 0.757. The molecule has 1 saturated carbocycles. The van der Waals surface area contributed by atoms with E-state index in [1.807, 2.05) is 0 Å². The minimum atomic E-state index is 0. The van der Waals surface area contributed by atoms with Crippen molar-refractivity contribution in [3.05, 3.63) is 0 Å². The van der Waals surface area contributed by atoms with Crippen LogP contribution < -0.4 is 5.32 Å². The normalized spacial score (nSPS) is 40.7. The van der Waals surface area contributed by atoms with Gasteiger partial charge in [-0.2, -0.15) is 0 Å². The fourth-order valence-electron chi connectivity index (χ4n) is 2.75. The summed E-state index contributed by atoms with van der Waals surface area (Å²) in [6.07, 6.45) is 2.22. The first-order valence-electron chi connectivity index (χ1n) is 6.53. The Labute approximate surface area is 111 Å². The van der Waals surface area contributed by atoms with Crippen LogP contribution in [0.5, 0.6) is 0 Å². The molecule has 2 aliphatic rings. The van der Waals surface area contributed by atoms with E-state index in [1.165, 1.54) is 0 Å². The van der Waals surface area contributed by atoms with Crippen molar-refractivity contribution in [1.82, 2.24) is 10.2 Å². The summed E-state index contributed by atoms with van der Waals surface area (Å²) < 4.78 is 0. The zero-order chi connectivity index (χ0) is 11.9. The molecule has 3 nitrogen and oxygen atoms in total. The van der Waals surface area contributed by atoms with Crippen LogP contribution in [0.4, 0.5) is 0 Å². The molecule has 1 N–H and O–H groups in total. The minimum Gasteiger partial charge on any atom is -0.337 e. The third kappa shape index (κ3) is 2.60. The molecule has 0 radical (unpaired) electrons. The molecule has 0 aromatic rings. The molecule has 0 bridgehead atoms. The zero-order valence-corrected chi connectivity index (χ0v) is 12.1. The predicted octanol–water partition coefficient (Wildman–Crippen LogP) is 2.05. The summed E-state index contributed by atoms with van der Waals surface area (Å²) in [6.45, 7) is 10.6. The van der Waals surface area contributed by atoms with Gasteiger partial charge in [0, 0.05) is 31.1 Å². The maximum absolute atomic E-state index is 12.4. The number of nitrogens with one attached hydrogen (secondary N) is 1. The first-order chi connectivity index (χ1) is 7.49. The smallest absolute Gasteiger partial charge is 0.226 e. The van der Waals surface area contributed by atoms with Gasteiger partial charge in [-0.1, -0.05) is 13.8 Å². The Kier molecular flexibility index (Phi) is 4.48. The van der Waals surface area contributed by atoms with Gasteiger partial charge in [0.25, 0.3) is 0 Å². The first-order valence-corrected chi connectivity index (χ1v) is 6.53. The third-order valence-electron chi connectivity index (χ3n) is 4.77. The van der Waals surface area contributed by atoms with Gasteiger partial charge in [-0.3, -0.25) is 4.79 Å². The van der Waals surface area contributed by atoms with E-state index in [4.69, 9.17) is 0 Å². The Balaban J connectivity index is 0.00000144. The number of amides is 1. The second kappa shape index (κ2) is 5.15. The Morgan fingerprint density at radius 2 is 2.12 bits per heavy atom. The molecule has 1 saturated heterocycles. The van der Waals surface area contributed by atoms with Crippen LogP contribution in [0.2, 0.25) is 0 Å². The summed E-state index contributed by atoms with van der Waals surface area (Å²) >= 11 is 0. The van der Waals surface area contributed by atoms with Gasteiger partial charge in [-0.25, -0.2) is 0 Å². The summed E-state index contributed by atoms with van der Waals surface area (Å²) in [4.78, 5) is 14.5. The number of carbonyl (C=O) groups excluding carboxylic acids is 1. The van der Waals surface area contributed by atoms with Crippen molar-refractivity contribution in [3.8, 4) is 0 Å². The fourth-order valence-corrected chi connectivity index (χ4v) is 2.75. The lowest BCUT2D eigenvalue weighted by Crippen LogP contribution is -2.57. The molecule has 4 unspecified atom stereocenters. The molecule has 2 rings (SSSR count). The van der Waals surface area contributed by atoms with Gasteiger partial charge in [0.05, 0.1) is 0 Å². The molecule has 100 valence electrons. The van der Waals surface area contributed by atoms with E-state index in [9.17, 15) is 4.79 Å². The largest absolute Gasteiger partial charge is 0.337 e. The highest BCUT2D eigenvalue weighted by Gasteiger charge is 2.54. The second-order valence-corrected chi connectivity index (χ2v) is 5.78. The highest BCUT2D eigenvalue weighted by Crippen LogP contribution is 2.55. The second-order valence-electron chi connectivity index (χ2n) is 5.78. The Morgan fingerprint density at radius 3 is 2.65 bits per heavy atom. The van der Waals surface area contributed by atoms with Gasteiger partial charge in [-0.05, 0) is 32.1 Å². The summed E-state index contributed by atoms with van der Waals surface area (Å²) in [7, 11) is 0. The lowest BCUT2D eigenvalue weighted by molar-refractivity contribution is -0.137. The van der Waals surface area contributed by atoms with Gasteiger partial charge in [0.1, 0.15) is 0 Å². The van der Waals surface area contributed by atoms with Crippen molar-refractivity contribution >= 4 is 18.3 Å². The molecule has 4 heteroatoms. The van der Waals surface area contributed by atoms with Crippen molar-refractivity contribution in [2.45, 2.75) is 52.6 Å². The lowest BCUT2D eigenvalue weighted by Gasteiger charge is -2.39. The fraction of sp³-hybridized carbons (Fsp3) is 0.923. The SMILES string of the molecule is CCC1(C)CC1C(=O)N1CCNC(C)C1C.Cl. The first kappa shape index (κ1) is 14.8. The van der Waals surface area contributed by atoms with Crippen molar-refractivity contribution in [2.24, 2.45) is 11.3 Å². The topological polar surface area (TPSA) is 32.3 Å². The zero-order valence-electron chi connectivity index (χ0n) is 11.3. The maximum Gasteiger partial charge on any atom is 0.226 e. The number of nitrogens with zero attached hydrogens (tertiary/aromatic N) is 1. The molecule has 0 aromatic heterocycles. The van der Waals surface area contributed by atoms with Crippen LogP contribution in [0.25, 0.3) is 0 Å². The van der Waals surface area contributed by atoms with Gasteiger partial charge < -0.3 is 10.2 Å². The van der Waals surface area contributed by atoms with E-state index < -0.39 is 0 Å². The molecule has 2 fully saturated rings. The highest BCUT2D eigenvalue weighted by atomic mass is 35.5. The average molecular weight is 261 g/mol. The molecule has 0 spiro atoms. The molecule has 1 aliphatic heterocycles. The third-order valence-corrected chi connectivity index (χ3v) is 4.77. The van der Waals surface area contributed by atoms with Crippen molar-refractivity contribution in [2.75, 3.05) is 13.1 Å². The van der Waals surface area contributed by atoms with E-state index in [1.54, 1.807) is 0 Å². The Hall–Kier alpha value is -0.280. The number of hydrogen-bond acceptors (Lipinski definition) is 2. The molecular formula is C13H25ClN2O. The monoisotopic (exact) mass is 260 g/mol. The molecular weight excluding hydrogens is 236 g/mol. The summed E-state index contributed by atoms with van der Waals surface area (Å²) in [5.41, 5.74) is 0.297. The molecule has 17 heavy (non-hydrogen) atoms. The Bertz CT molecular complexity index is 297. The van der Waals surface area contributed by atoms with Crippen LogP contribution in [-0.2, 0) is 4.79 Å². The van der Waals surface area contributed by atoms with Crippen molar-refractivity contribution in [3.63, 3.8) is 0 Å². The van der Waals surface area contributed by atoms with Crippen LogP contribution >= 0.6 is 12.4 Å². The van der Waals surface area contributed by atoms with Crippen LogP contribution in [0.1, 0.15) is 40.5 Å². The van der Waals surface area contributed by atoms with Crippen molar-refractivity contribution < 1.29 is 4.79 Å². The number of piperazine rings is 1. The molecule has 4 atom stereocenters. The van der Waals surface area contributed by atoms with Crippen LogP contribution in [0, 0.1) is 11.3 Å². The maximum atomic E-state index is 12.4. The van der Waals surface area contributed by atoms with Gasteiger partial charge in [0.15, 0.2) is 0 Å². The molecule has 0 aromatic carbocycles. The quantitative estimate of drug-likeness (QED) is 0.824. The molecule has 1 heterocycles. The summed E-state index contributed by atoms with van der Waals surface area (Å²) in [5, 5.41) is 3.42. The van der Waals surface area contributed by atoms with Crippen LogP contribution in [0.15, 0.2) is 0 Å². The average Bonchev–Trinajstić information content (AvgIpc) is 2.95. The Morgan fingerprint density at radius 1 is 1.47 bits per heavy atom. The van der Waals surface area contributed by atoms with E-state index in [0.717, 1.165) is 25.9 Å². The minimum absolute atomic E-state index is 0. The highest BCUT2D eigenvalue weighted by molar-refractivity contribution is 5.85. The number of rotatable bonds is 2. The number of carbonyl (C=O) groups is 1. The van der Waals surface area contributed by atoms with Gasteiger partial charge >= 0.3 is 0 Å². The summed E-state index contributed by atoms with van der Waals surface area (Å²) in [5.74, 6) is 0.690. The van der Waals surface area contributed by atoms with Crippen LogP contribution in [-0.4, -0.2) is 36.0 Å². The van der Waals surface area contributed by atoms with E-state index >= 15 is 0 Å². The van der Waals surface area contributed by atoms with E-state index in [2.05, 4.69) is 37.9 Å². The van der Waals surface area contributed by atoms with Crippen LogP contribution in [0.3, 0.4) is 0 Å². The number of halogens is 1. The van der Waals surface area contributed by atoms with Crippen molar-refractivity contribution in [1.29, 1.82) is 0 Å².